The van der Waals surface area contributed by atoms with Gasteiger partial charge in [0.1, 0.15) is 6.54 Å². The number of nitrogens with one attached hydrogen (secondary N) is 1. The molecule has 1 heterocycles. The summed E-state index contributed by atoms with van der Waals surface area (Å²) in [6.07, 6.45) is 1.50. The van der Waals surface area contributed by atoms with E-state index in [1.807, 2.05) is 4.72 Å². The Morgan fingerprint density at radius 3 is 2.77 bits per heavy atom. The average Bonchev–Trinajstić information content (AvgIpc) is 2.80. The van der Waals surface area contributed by atoms with E-state index in [0.29, 0.717) is 6.54 Å². The summed E-state index contributed by atoms with van der Waals surface area (Å²) in [5, 5.41) is 8.24. The highest BCUT2D eigenvalue weighted by atomic mass is 32.2. The fourth-order valence-corrected chi connectivity index (χ4v) is 2.10. The van der Waals surface area contributed by atoms with E-state index >= 15 is 0 Å². The third kappa shape index (κ3) is 2.51. The number of hydrogen-bond donors (Lipinski definition) is 2. The lowest BCUT2D eigenvalue weighted by molar-refractivity contribution is -0.135. The molecule has 0 saturated carbocycles. The van der Waals surface area contributed by atoms with Crippen molar-refractivity contribution in [3.8, 4) is 0 Å². The quantitative estimate of drug-likeness (QED) is 0.436. The maximum Gasteiger partial charge on any atom is 0.318 e. The van der Waals surface area contributed by atoms with Gasteiger partial charge in [-0.15, -0.1) is 6.58 Å². The largest absolute Gasteiger partial charge is 0.480 e. The second-order valence-electron chi connectivity index (χ2n) is 2.59. The van der Waals surface area contributed by atoms with Crippen molar-refractivity contribution in [3.63, 3.8) is 0 Å². The van der Waals surface area contributed by atoms with Crippen molar-refractivity contribution in [2.24, 2.45) is 0 Å². The smallest absolute Gasteiger partial charge is 0.318 e. The van der Waals surface area contributed by atoms with Crippen LogP contribution < -0.4 is 4.72 Å². The van der Waals surface area contributed by atoms with Gasteiger partial charge in [0.05, 0.1) is 6.04 Å². The van der Waals surface area contributed by atoms with Gasteiger partial charge in [-0.25, -0.2) is 0 Å². The monoisotopic (exact) mass is 206 g/mol. The normalized spacial score (nSPS) is 26.8. The van der Waals surface area contributed by atoms with Crippen molar-refractivity contribution in [2.45, 2.75) is 6.04 Å². The van der Waals surface area contributed by atoms with E-state index in [-0.39, 0.29) is 6.04 Å². The van der Waals surface area contributed by atoms with Crippen LogP contribution in [0.4, 0.5) is 0 Å². The first kappa shape index (κ1) is 10.2. The summed E-state index contributed by atoms with van der Waals surface area (Å²) < 4.78 is 25.4. The molecule has 1 unspecified atom stereocenters. The summed E-state index contributed by atoms with van der Waals surface area (Å²) in [6, 6.07) is -0.189. The summed E-state index contributed by atoms with van der Waals surface area (Å²) in [7, 11) is -3.61. The Bertz CT molecular complexity index is 324. The van der Waals surface area contributed by atoms with Crippen LogP contribution in [-0.4, -0.2) is 42.9 Å². The number of hydrogen-bond acceptors (Lipinski definition) is 3. The van der Waals surface area contributed by atoms with Gasteiger partial charge in [0.25, 0.3) is 10.2 Å². The van der Waals surface area contributed by atoms with Gasteiger partial charge in [-0.05, 0) is 0 Å². The first-order valence-corrected chi connectivity index (χ1v) is 5.02. The van der Waals surface area contributed by atoms with Crippen LogP contribution in [0.15, 0.2) is 12.7 Å². The summed E-state index contributed by atoms with van der Waals surface area (Å²) >= 11 is 0. The highest BCUT2D eigenvalue weighted by Gasteiger charge is 2.41. The zero-order valence-electron chi connectivity index (χ0n) is 6.80. The maximum absolute atomic E-state index is 11.2. The van der Waals surface area contributed by atoms with Gasteiger partial charge in [0.2, 0.25) is 0 Å². The summed E-state index contributed by atoms with van der Waals surface area (Å²) in [5.41, 5.74) is 0. The van der Waals surface area contributed by atoms with Gasteiger partial charge in [0.15, 0.2) is 0 Å². The topological polar surface area (TPSA) is 86.5 Å². The van der Waals surface area contributed by atoms with Crippen LogP contribution in [0.25, 0.3) is 0 Å². The molecular weight excluding hydrogens is 196 g/mol. The first-order valence-electron chi connectivity index (χ1n) is 3.58. The van der Waals surface area contributed by atoms with Crippen LogP contribution >= 0.6 is 0 Å². The zero-order valence-corrected chi connectivity index (χ0v) is 7.62. The van der Waals surface area contributed by atoms with E-state index in [1.165, 1.54) is 6.08 Å². The molecule has 1 saturated heterocycles. The van der Waals surface area contributed by atoms with Crippen molar-refractivity contribution in [1.29, 1.82) is 0 Å². The average molecular weight is 206 g/mol. The van der Waals surface area contributed by atoms with Crippen molar-refractivity contribution in [3.05, 3.63) is 12.7 Å². The van der Waals surface area contributed by atoms with Gasteiger partial charge in [0, 0.05) is 6.54 Å². The molecule has 74 valence electrons. The van der Waals surface area contributed by atoms with E-state index in [0.717, 1.165) is 4.31 Å². The number of carboxylic acids is 1. The van der Waals surface area contributed by atoms with Crippen LogP contribution in [0.3, 0.4) is 0 Å². The van der Waals surface area contributed by atoms with Crippen molar-refractivity contribution in [1.82, 2.24) is 9.03 Å². The molecule has 6 nitrogen and oxygen atoms in total. The lowest BCUT2D eigenvalue weighted by Crippen LogP contribution is -2.34. The molecule has 0 radical (unpaired) electrons. The Labute approximate surface area is 76.0 Å². The Morgan fingerprint density at radius 1 is 1.77 bits per heavy atom. The van der Waals surface area contributed by atoms with Gasteiger partial charge >= 0.3 is 5.97 Å². The maximum atomic E-state index is 11.2. The van der Waals surface area contributed by atoms with Crippen LogP contribution in [-0.2, 0) is 15.0 Å². The molecule has 7 heteroatoms. The molecule has 0 aromatic heterocycles. The van der Waals surface area contributed by atoms with Gasteiger partial charge in [-0.3, -0.25) is 4.79 Å². The van der Waals surface area contributed by atoms with Gasteiger partial charge in [-0.1, -0.05) is 6.08 Å². The third-order valence-electron chi connectivity index (χ3n) is 1.59. The number of nitrogens with zero attached hydrogens (tertiary/aromatic N) is 1. The molecule has 1 fully saturated rings. The van der Waals surface area contributed by atoms with Crippen LogP contribution in [0.5, 0.6) is 0 Å². The number of carboxylic acid groups (broad SMARTS) is 1. The number of aliphatic carboxylic acids is 1. The minimum absolute atomic E-state index is 0.189. The predicted molar refractivity (Wildman–Crippen MR) is 45.2 cm³/mol. The summed E-state index contributed by atoms with van der Waals surface area (Å²) in [6.45, 7) is 3.21. The van der Waals surface area contributed by atoms with Crippen molar-refractivity contribution >= 4 is 16.2 Å². The molecule has 2 N–H and O–H groups in total. The fourth-order valence-electron chi connectivity index (χ4n) is 0.842. The molecule has 2 atom stereocenters. The highest BCUT2D eigenvalue weighted by Crippen LogP contribution is 2.21. The second-order valence-corrected chi connectivity index (χ2v) is 4.30. The lowest BCUT2D eigenvalue weighted by Gasteiger charge is -2.03. The summed E-state index contributed by atoms with van der Waals surface area (Å²) in [4.78, 5) is 10.1. The second kappa shape index (κ2) is 3.44. The van der Waals surface area contributed by atoms with Crippen molar-refractivity contribution < 1.29 is 18.3 Å². The van der Waals surface area contributed by atoms with E-state index in [1.54, 1.807) is 0 Å². The molecule has 0 spiro atoms. The first-order chi connectivity index (χ1) is 5.97. The number of carbonyl (C=O) groups is 1. The molecule has 0 amide bonds. The van der Waals surface area contributed by atoms with E-state index in [2.05, 4.69) is 6.58 Å². The molecule has 0 aromatic carbocycles. The standard InChI is InChI=1S/C6H10N2O4S/c1-2-5-4-8(5)13(11,12)7-3-6(9)10/h2,5,7H,1,3-4H2,(H,9,10)/t5-,8?/m0/s1. The molecule has 0 aliphatic carbocycles. The molecule has 1 rings (SSSR count). The van der Waals surface area contributed by atoms with E-state index in [4.69, 9.17) is 5.11 Å². The molecule has 1 aliphatic heterocycles. The Kier molecular flexibility index (Phi) is 2.69. The zero-order chi connectivity index (χ0) is 10.1. The Hall–Kier alpha value is -0.920. The SMILES string of the molecule is C=C[C@H]1CN1S(=O)(=O)NCC(=O)O. The van der Waals surface area contributed by atoms with Crippen LogP contribution in [0.2, 0.25) is 0 Å². The molecular formula is C6H10N2O4S. The molecule has 0 bridgehead atoms. The van der Waals surface area contributed by atoms with Gasteiger partial charge < -0.3 is 5.11 Å². The minimum atomic E-state index is -3.61. The Morgan fingerprint density at radius 2 is 2.38 bits per heavy atom. The van der Waals surface area contributed by atoms with E-state index < -0.39 is 22.7 Å². The van der Waals surface area contributed by atoms with E-state index in [9.17, 15) is 13.2 Å². The Balaban J connectivity index is 2.49. The fraction of sp³-hybridized carbons (Fsp3) is 0.500. The highest BCUT2D eigenvalue weighted by molar-refractivity contribution is 7.87. The third-order valence-corrected chi connectivity index (χ3v) is 3.14. The van der Waals surface area contributed by atoms with Gasteiger partial charge in [-0.2, -0.15) is 17.4 Å². The predicted octanol–water partition coefficient (Wildman–Crippen LogP) is -1.22. The van der Waals surface area contributed by atoms with Crippen LogP contribution in [0.1, 0.15) is 0 Å². The number of rotatable bonds is 5. The molecule has 1 aliphatic rings. The van der Waals surface area contributed by atoms with Crippen LogP contribution in [0, 0.1) is 0 Å². The lowest BCUT2D eigenvalue weighted by atomic mass is 10.5. The molecule has 0 aromatic rings. The molecule has 13 heavy (non-hydrogen) atoms. The minimum Gasteiger partial charge on any atom is -0.480 e. The summed E-state index contributed by atoms with van der Waals surface area (Å²) in [5.74, 6) is -1.21. The van der Waals surface area contributed by atoms with Crippen molar-refractivity contribution in [2.75, 3.05) is 13.1 Å².